The van der Waals surface area contributed by atoms with Crippen LogP contribution in [0.2, 0.25) is 0 Å². The van der Waals surface area contributed by atoms with Gasteiger partial charge in [0.2, 0.25) is 0 Å². The predicted octanol–water partition coefficient (Wildman–Crippen LogP) is 4.16. The summed E-state index contributed by atoms with van der Waals surface area (Å²) in [5.41, 5.74) is 1.56. The minimum atomic E-state index is -4.51. The van der Waals surface area contributed by atoms with E-state index in [-0.39, 0.29) is 17.1 Å². The molecule has 0 saturated heterocycles. The smallest absolute Gasteiger partial charge is 0.433 e. The topological polar surface area (TPSA) is 78.0 Å². The lowest BCUT2D eigenvalue weighted by Gasteiger charge is -2.10. The molecular weight excluding hydrogens is 399 g/mol. The van der Waals surface area contributed by atoms with Crippen molar-refractivity contribution in [3.63, 3.8) is 0 Å². The predicted molar refractivity (Wildman–Crippen MR) is 102 cm³/mol. The number of rotatable bonds is 4. The van der Waals surface area contributed by atoms with Crippen LogP contribution < -0.4 is 4.74 Å². The Morgan fingerprint density at radius 1 is 1.00 bits per heavy atom. The van der Waals surface area contributed by atoms with E-state index in [4.69, 9.17) is 4.74 Å². The molecule has 0 unspecified atom stereocenters. The summed E-state index contributed by atoms with van der Waals surface area (Å²) in [6.45, 7) is 1.51. The van der Waals surface area contributed by atoms with Crippen molar-refractivity contribution in [1.29, 1.82) is 0 Å². The summed E-state index contributed by atoms with van der Waals surface area (Å²) in [4.78, 5) is 0. The number of aromatic hydroxyl groups is 1. The molecule has 2 aromatic carbocycles. The van der Waals surface area contributed by atoms with Gasteiger partial charge in [0, 0.05) is 5.56 Å². The number of alkyl halides is 3. The number of phenols is 1. The quantitative estimate of drug-likeness (QED) is 0.542. The van der Waals surface area contributed by atoms with Crippen molar-refractivity contribution in [2.24, 2.45) is 0 Å². The molecule has 4 aromatic rings. The maximum atomic E-state index is 13.2. The first-order valence-electron chi connectivity index (χ1n) is 8.80. The molecule has 0 fully saturated rings. The largest absolute Gasteiger partial charge is 0.504 e. The number of ether oxygens (including phenoxy) is 1. The van der Waals surface area contributed by atoms with E-state index in [1.54, 1.807) is 30.5 Å². The van der Waals surface area contributed by atoms with Crippen LogP contribution in [0.1, 0.15) is 11.4 Å². The number of hydrogen-bond acceptors (Lipinski definition) is 5. The molecule has 0 aliphatic heterocycles. The number of nitrogens with zero attached hydrogens (tertiary/aromatic N) is 5. The molecule has 0 amide bonds. The molecule has 0 atom stereocenters. The number of methoxy groups -OCH3 is 1. The molecule has 0 spiro atoms. The summed E-state index contributed by atoms with van der Waals surface area (Å²) < 4.78 is 47.1. The van der Waals surface area contributed by atoms with Gasteiger partial charge in [0.1, 0.15) is 11.4 Å². The number of hydrogen-bond donors (Lipinski definition) is 1. The van der Waals surface area contributed by atoms with Crippen LogP contribution in [0, 0.1) is 6.92 Å². The molecule has 0 bridgehead atoms. The lowest BCUT2D eigenvalue weighted by molar-refractivity contribution is -0.142. The monoisotopic (exact) mass is 415 g/mol. The van der Waals surface area contributed by atoms with E-state index in [1.165, 1.54) is 36.9 Å². The first-order valence-corrected chi connectivity index (χ1v) is 8.80. The summed E-state index contributed by atoms with van der Waals surface area (Å²) in [5.74, 6) is 0.317. The van der Waals surface area contributed by atoms with Gasteiger partial charge in [0.15, 0.2) is 11.5 Å². The van der Waals surface area contributed by atoms with Crippen molar-refractivity contribution in [3.05, 3.63) is 66.1 Å². The normalized spacial score (nSPS) is 11.6. The summed E-state index contributed by atoms with van der Waals surface area (Å²) in [7, 11) is 1.45. The Bertz CT molecular complexity index is 1200. The van der Waals surface area contributed by atoms with Gasteiger partial charge in [0.05, 0.1) is 30.4 Å². The van der Waals surface area contributed by atoms with Gasteiger partial charge in [-0.15, -0.1) is 5.10 Å². The van der Waals surface area contributed by atoms with Gasteiger partial charge in [-0.3, -0.25) is 0 Å². The van der Waals surface area contributed by atoms with E-state index in [9.17, 15) is 18.3 Å². The minimum Gasteiger partial charge on any atom is -0.504 e. The maximum absolute atomic E-state index is 13.2. The first-order chi connectivity index (χ1) is 14.3. The molecule has 30 heavy (non-hydrogen) atoms. The van der Waals surface area contributed by atoms with Crippen molar-refractivity contribution < 1.29 is 23.0 Å². The zero-order chi connectivity index (χ0) is 21.5. The molecule has 4 rings (SSSR count). The molecule has 2 heterocycles. The highest BCUT2D eigenvalue weighted by atomic mass is 19.4. The van der Waals surface area contributed by atoms with E-state index >= 15 is 0 Å². The Labute approximate surface area is 169 Å². The molecule has 10 heteroatoms. The third-order valence-corrected chi connectivity index (χ3v) is 4.45. The van der Waals surface area contributed by atoms with Crippen molar-refractivity contribution in [3.8, 4) is 34.1 Å². The van der Waals surface area contributed by atoms with Gasteiger partial charge in [-0.05, 0) is 55.5 Å². The van der Waals surface area contributed by atoms with Crippen molar-refractivity contribution in [1.82, 2.24) is 24.8 Å². The Kier molecular flexibility index (Phi) is 4.69. The van der Waals surface area contributed by atoms with Gasteiger partial charge < -0.3 is 9.84 Å². The summed E-state index contributed by atoms with van der Waals surface area (Å²) in [5, 5.41) is 21.8. The van der Waals surface area contributed by atoms with Crippen LogP contribution in [0.5, 0.6) is 11.5 Å². The van der Waals surface area contributed by atoms with E-state index in [2.05, 4.69) is 15.4 Å². The Hall–Kier alpha value is -3.82. The highest BCUT2D eigenvalue weighted by Gasteiger charge is 2.35. The molecule has 0 aliphatic rings. The second kappa shape index (κ2) is 7.21. The van der Waals surface area contributed by atoms with Crippen LogP contribution >= 0.6 is 0 Å². The Balaban J connectivity index is 1.64. The molecule has 1 N–H and O–H groups in total. The van der Waals surface area contributed by atoms with Crippen LogP contribution in [-0.2, 0) is 6.18 Å². The molecule has 2 aromatic heterocycles. The third kappa shape index (κ3) is 3.59. The molecule has 0 radical (unpaired) electrons. The molecule has 0 aliphatic carbocycles. The Morgan fingerprint density at radius 2 is 1.70 bits per heavy atom. The maximum Gasteiger partial charge on any atom is 0.433 e. The van der Waals surface area contributed by atoms with E-state index < -0.39 is 11.9 Å². The fraction of sp³-hybridized carbons (Fsp3) is 0.150. The average Bonchev–Trinajstić information content (AvgIpc) is 3.35. The summed E-state index contributed by atoms with van der Waals surface area (Å²) >= 11 is 0. The highest BCUT2D eigenvalue weighted by molar-refractivity contribution is 5.63. The van der Waals surface area contributed by atoms with Crippen molar-refractivity contribution >= 4 is 0 Å². The summed E-state index contributed by atoms with van der Waals surface area (Å²) in [6, 6.07) is 12.1. The van der Waals surface area contributed by atoms with Crippen molar-refractivity contribution in [2.45, 2.75) is 13.1 Å². The lowest BCUT2D eigenvalue weighted by Crippen LogP contribution is -2.13. The fourth-order valence-electron chi connectivity index (χ4n) is 3.00. The van der Waals surface area contributed by atoms with Gasteiger partial charge in [-0.2, -0.15) is 18.3 Å². The van der Waals surface area contributed by atoms with E-state index in [0.717, 1.165) is 10.7 Å². The second-order valence-corrected chi connectivity index (χ2v) is 6.53. The van der Waals surface area contributed by atoms with Gasteiger partial charge >= 0.3 is 6.18 Å². The van der Waals surface area contributed by atoms with Gasteiger partial charge in [-0.1, -0.05) is 5.21 Å². The first kappa shape index (κ1) is 19.5. The van der Waals surface area contributed by atoms with Crippen LogP contribution in [0.3, 0.4) is 0 Å². The SMILES string of the molecule is COc1cc(-c2cn(-c3ccc(-n4nc(C)cc4C(F)(F)F)cc3)nn2)ccc1O. The highest BCUT2D eigenvalue weighted by Crippen LogP contribution is 2.32. The number of halogens is 3. The molecule has 154 valence electrons. The minimum absolute atomic E-state index is 0.0105. The van der Waals surface area contributed by atoms with Crippen LogP contribution in [0.4, 0.5) is 13.2 Å². The molecular formula is C20H16F3N5O2. The fourth-order valence-corrected chi connectivity index (χ4v) is 3.00. The van der Waals surface area contributed by atoms with Crippen LogP contribution in [0.15, 0.2) is 54.7 Å². The number of aryl methyl sites for hydroxylation is 1. The van der Waals surface area contributed by atoms with Crippen molar-refractivity contribution in [2.75, 3.05) is 7.11 Å². The second-order valence-electron chi connectivity index (χ2n) is 6.53. The third-order valence-electron chi connectivity index (χ3n) is 4.45. The van der Waals surface area contributed by atoms with Gasteiger partial charge in [0.25, 0.3) is 0 Å². The number of benzene rings is 2. The molecule has 0 saturated carbocycles. The zero-order valence-electron chi connectivity index (χ0n) is 15.9. The van der Waals surface area contributed by atoms with Crippen LogP contribution in [-0.4, -0.2) is 37.0 Å². The Morgan fingerprint density at radius 3 is 2.37 bits per heavy atom. The lowest BCUT2D eigenvalue weighted by atomic mass is 10.1. The molecule has 7 nitrogen and oxygen atoms in total. The van der Waals surface area contributed by atoms with E-state index in [1.807, 2.05) is 0 Å². The van der Waals surface area contributed by atoms with E-state index in [0.29, 0.717) is 22.7 Å². The number of phenolic OH excluding ortho intramolecular Hbond substituents is 1. The average molecular weight is 415 g/mol. The summed E-state index contributed by atoms with van der Waals surface area (Å²) in [6.07, 6.45) is -2.84. The standard InChI is InChI=1S/C20H16F3N5O2/c1-12-9-19(20(21,22)23)28(25-12)15-6-4-14(5-7-15)27-11-16(24-26-27)13-3-8-17(29)18(10-13)30-2/h3-11,29H,1-2H3. The van der Waals surface area contributed by atoms with Gasteiger partial charge in [-0.25, -0.2) is 9.36 Å². The zero-order valence-corrected chi connectivity index (χ0v) is 15.9. The van der Waals surface area contributed by atoms with Crippen LogP contribution in [0.25, 0.3) is 22.6 Å². The number of aromatic nitrogens is 5.